The van der Waals surface area contributed by atoms with Crippen molar-refractivity contribution in [1.82, 2.24) is 15.0 Å². The second kappa shape index (κ2) is 9.49. The van der Waals surface area contributed by atoms with Gasteiger partial charge < -0.3 is 9.84 Å². The predicted octanol–water partition coefficient (Wildman–Crippen LogP) is 3.79. The smallest absolute Gasteiger partial charge is 0.241 e. The molecule has 1 saturated heterocycles. The fraction of sp³-hybridized carbons (Fsp3) is 0.304. The van der Waals surface area contributed by atoms with E-state index in [1.165, 1.54) is 12.1 Å². The van der Waals surface area contributed by atoms with E-state index in [1.54, 1.807) is 12.1 Å². The first-order chi connectivity index (χ1) is 15.1. The molecule has 31 heavy (non-hydrogen) atoms. The summed E-state index contributed by atoms with van der Waals surface area (Å²) in [5, 5.41) is 15.7. The summed E-state index contributed by atoms with van der Waals surface area (Å²) in [6.45, 7) is 2.03. The van der Waals surface area contributed by atoms with Crippen LogP contribution in [0.4, 0.5) is 10.1 Å². The number of anilines is 1. The van der Waals surface area contributed by atoms with Crippen LogP contribution in [0.5, 0.6) is 0 Å². The van der Waals surface area contributed by atoms with Gasteiger partial charge in [0.1, 0.15) is 5.82 Å². The number of carbonyl (C=O) groups is 1. The van der Waals surface area contributed by atoms with E-state index in [-0.39, 0.29) is 17.6 Å². The van der Waals surface area contributed by atoms with Gasteiger partial charge in [-0.3, -0.25) is 9.69 Å². The number of carbonyl (C=O) groups excluding carboxylic acids is 1. The number of likely N-dealkylation sites (tertiary alicyclic amines) is 1. The van der Waals surface area contributed by atoms with Crippen molar-refractivity contribution in [1.29, 1.82) is 5.26 Å². The first kappa shape index (κ1) is 20.7. The number of halogens is 1. The van der Waals surface area contributed by atoms with Gasteiger partial charge in [0.15, 0.2) is 0 Å². The highest BCUT2D eigenvalue weighted by molar-refractivity contribution is 5.92. The first-order valence-corrected chi connectivity index (χ1v) is 10.2. The van der Waals surface area contributed by atoms with Gasteiger partial charge in [0.05, 0.1) is 19.0 Å². The van der Waals surface area contributed by atoms with Crippen LogP contribution in [0.2, 0.25) is 0 Å². The third kappa shape index (κ3) is 5.32. The van der Waals surface area contributed by atoms with Gasteiger partial charge in [-0.15, -0.1) is 0 Å². The second-order valence-corrected chi connectivity index (χ2v) is 7.59. The van der Waals surface area contributed by atoms with Crippen molar-refractivity contribution in [2.45, 2.75) is 25.8 Å². The molecular formula is C23H22FN5O2. The van der Waals surface area contributed by atoms with E-state index in [9.17, 15) is 9.18 Å². The lowest BCUT2D eigenvalue weighted by Gasteiger charge is -2.30. The number of aromatic nitrogens is 2. The highest BCUT2D eigenvalue weighted by Crippen LogP contribution is 2.22. The Labute approximate surface area is 179 Å². The summed E-state index contributed by atoms with van der Waals surface area (Å²) >= 11 is 0. The highest BCUT2D eigenvalue weighted by atomic mass is 19.1. The topological polar surface area (TPSA) is 95.1 Å². The Balaban J connectivity index is 1.26. The van der Waals surface area contributed by atoms with Crippen molar-refractivity contribution in [3.63, 3.8) is 0 Å². The van der Waals surface area contributed by atoms with E-state index < -0.39 is 0 Å². The maximum absolute atomic E-state index is 13.1. The zero-order valence-electron chi connectivity index (χ0n) is 16.9. The van der Waals surface area contributed by atoms with E-state index in [1.807, 2.05) is 24.3 Å². The van der Waals surface area contributed by atoms with E-state index >= 15 is 0 Å². The monoisotopic (exact) mass is 419 g/mol. The number of benzene rings is 2. The standard InChI is InChI=1S/C23H22FN5O2/c24-19-5-3-17(4-6-19)22-27-21(31-28-22)15-29-13-10-18(11-14-29)23(30)26-20-7-1-16(2-8-20)9-12-25/h1-8,18H,9-11,13-15H2,(H,26,30). The molecule has 0 radical (unpaired) electrons. The quantitative estimate of drug-likeness (QED) is 0.653. The van der Waals surface area contributed by atoms with Crippen LogP contribution in [0.15, 0.2) is 53.1 Å². The molecule has 0 saturated carbocycles. The third-order valence-electron chi connectivity index (χ3n) is 5.39. The molecule has 2 aromatic carbocycles. The molecule has 0 aliphatic carbocycles. The third-order valence-corrected chi connectivity index (χ3v) is 5.39. The Bertz CT molecular complexity index is 1060. The summed E-state index contributed by atoms with van der Waals surface area (Å²) in [5.74, 6) is 0.594. The SMILES string of the molecule is N#CCc1ccc(NC(=O)C2CCN(Cc3nc(-c4ccc(F)cc4)no3)CC2)cc1. The van der Waals surface area contributed by atoms with Crippen LogP contribution in [-0.4, -0.2) is 34.0 Å². The number of nitriles is 1. The van der Waals surface area contributed by atoms with Gasteiger partial charge in [0, 0.05) is 17.2 Å². The minimum Gasteiger partial charge on any atom is -0.338 e. The van der Waals surface area contributed by atoms with Crippen LogP contribution in [0, 0.1) is 23.1 Å². The summed E-state index contributed by atoms with van der Waals surface area (Å²) in [6, 6.07) is 15.4. The Morgan fingerprint density at radius 3 is 2.55 bits per heavy atom. The average Bonchev–Trinajstić information content (AvgIpc) is 3.25. The van der Waals surface area contributed by atoms with Crippen molar-refractivity contribution in [3.05, 3.63) is 65.8 Å². The fourth-order valence-electron chi connectivity index (χ4n) is 3.62. The lowest BCUT2D eigenvalue weighted by molar-refractivity contribution is -0.121. The van der Waals surface area contributed by atoms with Crippen LogP contribution in [0.1, 0.15) is 24.3 Å². The van der Waals surface area contributed by atoms with Crippen molar-refractivity contribution in [2.24, 2.45) is 5.92 Å². The fourth-order valence-corrected chi connectivity index (χ4v) is 3.62. The van der Waals surface area contributed by atoms with Gasteiger partial charge in [-0.25, -0.2) is 4.39 Å². The molecule has 8 heteroatoms. The minimum absolute atomic E-state index is 0.0177. The zero-order chi connectivity index (χ0) is 21.6. The Kier molecular flexibility index (Phi) is 6.34. The Hall–Kier alpha value is -3.57. The summed E-state index contributed by atoms with van der Waals surface area (Å²) in [5.41, 5.74) is 2.37. The predicted molar refractivity (Wildman–Crippen MR) is 112 cm³/mol. The molecule has 1 N–H and O–H groups in total. The van der Waals surface area contributed by atoms with Gasteiger partial charge in [0.25, 0.3) is 0 Å². The number of piperidine rings is 1. The second-order valence-electron chi connectivity index (χ2n) is 7.59. The molecule has 1 aromatic heterocycles. The maximum Gasteiger partial charge on any atom is 0.241 e. The molecule has 3 aromatic rings. The van der Waals surface area contributed by atoms with Gasteiger partial charge in [-0.2, -0.15) is 10.2 Å². The van der Waals surface area contributed by atoms with E-state index in [4.69, 9.17) is 9.78 Å². The number of nitrogens with zero attached hydrogens (tertiary/aromatic N) is 4. The number of rotatable bonds is 6. The summed E-state index contributed by atoms with van der Waals surface area (Å²) in [7, 11) is 0. The molecule has 4 rings (SSSR count). The van der Waals surface area contributed by atoms with Crippen molar-refractivity contribution >= 4 is 11.6 Å². The summed E-state index contributed by atoms with van der Waals surface area (Å²) in [6.07, 6.45) is 1.85. The van der Waals surface area contributed by atoms with Crippen LogP contribution >= 0.6 is 0 Å². The van der Waals surface area contributed by atoms with Crippen molar-refractivity contribution < 1.29 is 13.7 Å². The van der Waals surface area contributed by atoms with Crippen LogP contribution < -0.4 is 5.32 Å². The maximum atomic E-state index is 13.1. The molecular weight excluding hydrogens is 397 g/mol. The van der Waals surface area contributed by atoms with Crippen LogP contribution in [0.3, 0.4) is 0 Å². The molecule has 1 amide bonds. The van der Waals surface area contributed by atoms with Crippen LogP contribution in [-0.2, 0) is 17.8 Å². The van der Waals surface area contributed by atoms with Crippen molar-refractivity contribution in [2.75, 3.05) is 18.4 Å². The summed E-state index contributed by atoms with van der Waals surface area (Å²) < 4.78 is 18.4. The Morgan fingerprint density at radius 1 is 1.16 bits per heavy atom. The van der Waals surface area contributed by atoms with Gasteiger partial charge in [-0.1, -0.05) is 17.3 Å². The van der Waals surface area contributed by atoms with E-state index in [0.717, 1.165) is 37.2 Å². The molecule has 0 bridgehead atoms. The molecule has 2 heterocycles. The van der Waals surface area contributed by atoms with Gasteiger partial charge >= 0.3 is 0 Å². The van der Waals surface area contributed by atoms with Crippen molar-refractivity contribution in [3.8, 4) is 17.5 Å². The summed E-state index contributed by atoms with van der Waals surface area (Å²) in [4.78, 5) is 19.2. The van der Waals surface area contributed by atoms with E-state index in [2.05, 4.69) is 26.4 Å². The van der Waals surface area contributed by atoms with Gasteiger partial charge in [-0.05, 0) is 67.9 Å². The molecule has 1 aliphatic heterocycles. The van der Waals surface area contributed by atoms with E-state index in [0.29, 0.717) is 30.2 Å². The number of nitrogens with one attached hydrogen (secondary N) is 1. The van der Waals surface area contributed by atoms with Gasteiger partial charge in [0.2, 0.25) is 17.6 Å². The molecule has 1 fully saturated rings. The lowest BCUT2D eigenvalue weighted by Crippen LogP contribution is -2.37. The number of amides is 1. The number of hydrogen-bond acceptors (Lipinski definition) is 6. The molecule has 158 valence electrons. The van der Waals surface area contributed by atoms with Crippen LogP contribution in [0.25, 0.3) is 11.4 Å². The largest absolute Gasteiger partial charge is 0.338 e. The first-order valence-electron chi connectivity index (χ1n) is 10.2. The Morgan fingerprint density at radius 2 is 1.87 bits per heavy atom. The molecule has 0 spiro atoms. The number of hydrogen-bond donors (Lipinski definition) is 1. The molecule has 1 aliphatic rings. The average molecular weight is 419 g/mol. The minimum atomic E-state index is -0.310. The molecule has 0 atom stereocenters. The molecule has 7 nitrogen and oxygen atoms in total. The zero-order valence-corrected chi connectivity index (χ0v) is 16.9. The highest BCUT2D eigenvalue weighted by Gasteiger charge is 2.26. The lowest BCUT2D eigenvalue weighted by atomic mass is 9.95. The normalized spacial score (nSPS) is 14.8. The molecule has 0 unspecified atom stereocenters.